The fourth-order valence-corrected chi connectivity index (χ4v) is 2.74. The van der Waals surface area contributed by atoms with Crippen molar-refractivity contribution in [3.05, 3.63) is 23.7 Å². The van der Waals surface area contributed by atoms with Gasteiger partial charge in [-0.05, 0) is 17.5 Å². The Bertz CT molecular complexity index is 694. The smallest absolute Gasteiger partial charge is 0.225 e. The van der Waals surface area contributed by atoms with Gasteiger partial charge in [-0.3, -0.25) is 9.78 Å². The standard InChI is InChI=1S/C11H13N3O3S2/c1-19(16,17)13-4-2-11(15)14-8-6-10-9(12-7-8)3-5-18-10/h3,5-7,13H,2,4H2,1H3,(H,14,15). The zero-order chi connectivity index (χ0) is 13.9. The molecule has 0 aliphatic rings. The van der Waals surface area contributed by atoms with Crippen molar-refractivity contribution >= 4 is 43.2 Å². The molecular formula is C11H13N3O3S2. The minimum absolute atomic E-state index is 0.0789. The van der Waals surface area contributed by atoms with E-state index in [1.807, 2.05) is 17.5 Å². The predicted octanol–water partition coefficient (Wildman–Crippen LogP) is 1.17. The van der Waals surface area contributed by atoms with E-state index < -0.39 is 10.0 Å². The maximum atomic E-state index is 11.6. The molecule has 1 amide bonds. The molecule has 0 fully saturated rings. The van der Waals surface area contributed by atoms with Gasteiger partial charge >= 0.3 is 0 Å². The van der Waals surface area contributed by atoms with Crippen LogP contribution in [-0.4, -0.2) is 32.1 Å². The Labute approximate surface area is 114 Å². The lowest BCUT2D eigenvalue weighted by atomic mass is 10.3. The van der Waals surface area contributed by atoms with Gasteiger partial charge in [0, 0.05) is 13.0 Å². The monoisotopic (exact) mass is 299 g/mol. The molecule has 0 aliphatic carbocycles. The summed E-state index contributed by atoms with van der Waals surface area (Å²) in [6, 6.07) is 3.75. The number of pyridine rings is 1. The molecule has 0 bridgehead atoms. The third-order valence-electron chi connectivity index (χ3n) is 2.30. The van der Waals surface area contributed by atoms with E-state index in [0.717, 1.165) is 16.5 Å². The molecule has 6 nitrogen and oxygen atoms in total. The van der Waals surface area contributed by atoms with Crippen LogP contribution in [0.2, 0.25) is 0 Å². The summed E-state index contributed by atoms with van der Waals surface area (Å²) < 4.78 is 24.9. The lowest BCUT2D eigenvalue weighted by Gasteiger charge is -2.05. The number of nitrogens with one attached hydrogen (secondary N) is 2. The molecule has 2 N–H and O–H groups in total. The van der Waals surface area contributed by atoms with Crippen LogP contribution in [0.25, 0.3) is 10.2 Å². The summed E-state index contributed by atoms with van der Waals surface area (Å²) in [5.41, 5.74) is 1.50. The molecule has 0 saturated heterocycles. The van der Waals surface area contributed by atoms with Gasteiger partial charge in [-0.25, -0.2) is 13.1 Å². The fraction of sp³-hybridized carbons (Fsp3) is 0.273. The highest BCUT2D eigenvalue weighted by molar-refractivity contribution is 7.88. The molecular weight excluding hydrogens is 286 g/mol. The third-order valence-corrected chi connectivity index (χ3v) is 3.88. The number of anilines is 1. The number of nitrogens with zero attached hydrogens (tertiary/aromatic N) is 1. The van der Waals surface area contributed by atoms with Gasteiger partial charge in [-0.15, -0.1) is 11.3 Å². The Balaban J connectivity index is 1.91. The summed E-state index contributed by atoms with van der Waals surface area (Å²) in [6.07, 6.45) is 2.71. The second-order valence-electron chi connectivity index (χ2n) is 3.99. The summed E-state index contributed by atoms with van der Waals surface area (Å²) >= 11 is 1.54. The number of hydrogen-bond acceptors (Lipinski definition) is 5. The first-order valence-corrected chi connectivity index (χ1v) is 8.29. The minimum atomic E-state index is -3.25. The largest absolute Gasteiger partial charge is 0.325 e. The van der Waals surface area contributed by atoms with Gasteiger partial charge in [0.05, 0.1) is 28.4 Å². The van der Waals surface area contributed by atoms with Gasteiger partial charge in [0.25, 0.3) is 0 Å². The van der Waals surface area contributed by atoms with Crippen molar-refractivity contribution in [2.45, 2.75) is 6.42 Å². The van der Waals surface area contributed by atoms with E-state index in [-0.39, 0.29) is 18.9 Å². The predicted molar refractivity (Wildman–Crippen MR) is 75.7 cm³/mol. The van der Waals surface area contributed by atoms with Crippen LogP contribution in [0.1, 0.15) is 6.42 Å². The van der Waals surface area contributed by atoms with E-state index in [1.165, 1.54) is 0 Å². The average Bonchev–Trinajstić information content (AvgIpc) is 2.74. The van der Waals surface area contributed by atoms with Gasteiger partial charge in [-0.2, -0.15) is 0 Å². The Kier molecular flexibility index (Phi) is 4.13. The number of rotatable bonds is 5. The number of carbonyl (C=O) groups is 1. The molecule has 0 spiro atoms. The number of carbonyl (C=O) groups excluding carboxylic acids is 1. The topological polar surface area (TPSA) is 88.2 Å². The number of hydrogen-bond donors (Lipinski definition) is 2. The van der Waals surface area contributed by atoms with E-state index in [2.05, 4.69) is 15.0 Å². The molecule has 102 valence electrons. The maximum absolute atomic E-state index is 11.6. The number of aromatic nitrogens is 1. The van der Waals surface area contributed by atoms with Gasteiger partial charge < -0.3 is 5.32 Å². The van der Waals surface area contributed by atoms with Crippen LogP contribution in [-0.2, 0) is 14.8 Å². The molecule has 0 unspecified atom stereocenters. The lowest BCUT2D eigenvalue weighted by Crippen LogP contribution is -2.26. The maximum Gasteiger partial charge on any atom is 0.225 e. The SMILES string of the molecule is CS(=O)(=O)NCCC(=O)Nc1cnc2ccsc2c1. The highest BCUT2D eigenvalue weighted by Gasteiger charge is 2.06. The molecule has 0 saturated carbocycles. The molecule has 2 aromatic heterocycles. The van der Waals surface area contributed by atoms with Crippen LogP contribution in [0.15, 0.2) is 23.7 Å². The van der Waals surface area contributed by atoms with Crippen LogP contribution in [0.5, 0.6) is 0 Å². The van der Waals surface area contributed by atoms with E-state index in [0.29, 0.717) is 5.69 Å². The van der Waals surface area contributed by atoms with Crippen molar-refractivity contribution in [1.29, 1.82) is 0 Å². The summed E-state index contributed by atoms with van der Waals surface area (Å²) in [5.74, 6) is -0.256. The van der Waals surface area contributed by atoms with Crippen molar-refractivity contribution < 1.29 is 13.2 Å². The normalized spacial score (nSPS) is 11.6. The van der Waals surface area contributed by atoms with Crippen molar-refractivity contribution in [3.8, 4) is 0 Å². The summed E-state index contributed by atoms with van der Waals surface area (Å²) in [6.45, 7) is 0.0827. The molecule has 0 aromatic carbocycles. The fourth-order valence-electron chi connectivity index (χ4n) is 1.49. The molecule has 2 rings (SSSR count). The summed E-state index contributed by atoms with van der Waals surface area (Å²) in [5, 5.41) is 4.61. The first kappa shape index (κ1) is 13.9. The Morgan fingerprint density at radius 1 is 1.47 bits per heavy atom. The average molecular weight is 299 g/mol. The Morgan fingerprint density at radius 2 is 2.26 bits per heavy atom. The highest BCUT2D eigenvalue weighted by Crippen LogP contribution is 2.21. The molecule has 0 aliphatic heterocycles. The second-order valence-corrected chi connectivity index (χ2v) is 6.77. The van der Waals surface area contributed by atoms with Crippen LogP contribution in [0.3, 0.4) is 0 Å². The lowest BCUT2D eigenvalue weighted by molar-refractivity contribution is -0.116. The zero-order valence-corrected chi connectivity index (χ0v) is 11.8. The first-order chi connectivity index (χ1) is 8.94. The molecule has 19 heavy (non-hydrogen) atoms. The number of thiophene rings is 1. The molecule has 2 heterocycles. The van der Waals surface area contributed by atoms with Gasteiger partial charge in [-0.1, -0.05) is 0 Å². The van der Waals surface area contributed by atoms with Crippen LogP contribution in [0, 0.1) is 0 Å². The Morgan fingerprint density at radius 3 is 3.00 bits per heavy atom. The van der Waals surface area contributed by atoms with Gasteiger partial charge in [0.15, 0.2) is 0 Å². The van der Waals surface area contributed by atoms with E-state index in [1.54, 1.807) is 17.5 Å². The van der Waals surface area contributed by atoms with Crippen LogP contribution >= 0.6 is 11.3 Å². The number of fused-ring (bicyclic) bond motifs is 1. The van der Waals surface area contributed by atoms with Gasteiger partial charge in [0.1, 0.15) is 0 Å². The van der Waals surface area contributed by atoms with Crippen molar-refractivity contribution in [3.63, 3.8) is 0 Å². The van der Waals surface area contributed by atoms with E-state index in [9.17, 15) is 13.2 Å². The quantitative estimate of drug-likeness (QED) is 0.867. The van der Waals surface area contributed by atoms with Gasteiger partial charge in [0.2, 0.25) is 15.9 Å². The third kappa shape index (κ3) is 4.27. The van der Waals surface area contributed by atoms with Crippen molar-refractivity contribution in [2.75, 3.05) is 18.1 Å². The van der Waals surface area contributed by atoms with Crippen molar-refractivity contribution in [1.82, 2.24) is 9.71 Å². The molecule has 0 atom stereocenters. The summed E-state index contributed by atoms with van der Waals surface area (Å²) in [4.78, 5) is 15.8. The van der Waals surface area contributed by atoms with E-state index >= 15 is 0 Å². The zero-order valence-electron chi connectivity index (χ0n) is 10.2. The van der Waals surface area contributed by atoms with Crippen LogP contribution in [0.4, 0.5) is 5.69 Å². The Hall–Kier alpha value is -1.51. The number of sulfonamides is 1. The minimum Gasteiger partial charge on any atom is -0.325 e. The molecule has 0 radical (unpaired) electrons. The molecule has 2 aromatic rings. The summed E-state index contributed by atoms with van der Waals surface area (Å²) in [7, 11) is -3.25. The van der Waals surface area contributed by atoms with Crippen LogP contribution < -0.4 is 10.0 Å². The highest BCUT2D eigenvalue weighted by atomic mass is 32.2. The first-order valence-electron chi connectivity index (χ1n) is 5.52. The van der Waals surface area contributed by atoms with E-state index in [4.69, 9.17) is 0 Å². The number of amides is 1. The molecule has 8 heteroatoms. The second kappa shape index (κ2) is 5.64. The van der Waals surface area contributed by atoms with Crippen molar-refractivity contribution in [2.24, 2.45) is 0 Å².